The predicted octanol–water partition coefficient (Wildman–Crippen LogP) is 1.59. The molecular formula is C13H14N2O3. The molecule has 0 radical (unpaired) electrons. The predicted molar refractivity (Wildman–Crippen MR) is 65.5 cm³/mol. The smallest absolute Gasteiger partial charge is 0.307 e. The maximum absolute atomic E-state index is 10.5. The summed E-state index contributed by atoms with van der Waals surface area (Å²) in [5.41, 5.74) is 0.766. The van der Waals surface area contributed by atoms with Gasteiger partial charge < -0.3 is 9.84 Å². The molecular weight excluding hydrogens is 232 g/mol. The van der Waals surface area contributed by atoms with Crippen LogP contribution in [0.3, 0.4) is 0 Å². The number of carbonyl (C=O) groups is 1. The van der Waals surface area contributed by atoms with Crippen molar-refractivity contribution in [1.29, 1.82) is 0 Å². The molecule has 2 aromatic rings. The lowest BCUT2D eigenvalue weighted by atomic mass is 10.1. The second-order valence-electron chi connectivity index (χ2n) is 3.83. The van der Waals surface area contributed by atoms with E-state index in [0.717, 1.165) is 11.3 Å². The van der Waals surface area contributed by atoms with Gasteiger partial charge >= 0.3 is 5.97 Å². The highest BCUT2D eigenvalue weighted by Crippen LogP contribution is 2.12. The number of hydrogen-bond donors (Lipinski definition) is 1. The Balaban J connectivity index is 1.81. The van der Waals surface area contributed by atoms with Crippen LogP contribution in [0.1, 0.15) is 5.56 Å². The molecule has 94 valence electrons. The summed E-state index contributed by atoms with van der Waals surface area (Å²) in [6.07, 6.45) is 3.63. The van der Waals surface area contributed by atoms with E-state index in [2.05, 4.69) is 5.10 Å². The molecule has 0 spiro atoms. The van der Waals surface area contributed by atoms with Crippen LogP contribution < -0.4 is 4.74 Å². The van der Waals surface area contributed by atoms with Gasteiger partial charge in [0.1, 0.15) is 12.4 Å². The molecule has 0 unspecified atom stereocenters. The number of aromatic nitrogens is 2. The van der Waals surface area contributed by atoms with Crippen LogP contribution >= 0.6 is 0 Å². The highest BCUT2D eigenvalue weighted by Gasteiger charge is 2.00. The molecule has 0 bridgehead atoms. The van der Waals surface area contributed by atoms with Gasteiger partial charge in [-0.15, -0.1) is 0 Å². The fourth-order valence-electron chi connectivity index (χ4n) is 1.57. The van der Waals surface area contributed by atoms with E-state index in [9.17, 15) is 4.79 Å². The van der Waals surface area contributed by atoms with Gasteiger partial charge in [-0.3, -0.25) is 9.48 Å². The highest BCUT2D eigenvalue weighted by molar-refractivity contribution is 5.70. The van der Waals surface area contributed by atoms with Crippen LogP contribution in [0.25, 0.3) is 0 Å². The van der Waals surface area contributed by atoms with E-state index >= 15 is 0 Å². The van der Waals surface area contributed by atoms with Gasteiger partial charge in [-0.2, -0.15) is 5.10 Å². The molecule has 0 aliphatic heterocycles. The molecule has 0 amide bonds. The minimum Gasteiger partial charge on any atom is -0.492 e. The van der Waals surface area contributed by atoms with Gasteiger partial charge in [-0.05, 0) is 23.8 Å². The summed E-state index contributed by atoms with van der Waals surface area (Å²) in [6.45, 7) is 1.21. The topological polar surface area (TPSA) is 64.3 Å². The average molecular weight is 246 g/mol. The summed E-state index contributed by atoms with van der Waals surface area (Å²) in [5, 5.41) is 12.7. The number of ether oxygens (including phenoxy) is 1. The second kappa shape index (κ2) is 5.86. The summed E-state index contributed by atoms with van der Waals surface area (Å²) < 4.78 is 7.32. The highest BCUT2D eigenvalue weighted by atomic mass is 16.5. The van der Waals surface area contributed by atoms with Crippen LogP contribution in [-0.2, 0) is 17.8 Å². The van der Waals surface area contributed by atoms with Gasteiger partial charge in [0, 0.05) is 12.4 Å². The van der Waals surface area contributed by atoms with Crippen LogP contribution in [0.15, 0.2) is 42.7 Å². The Hall–Kier alpha value is -2.30. The van der Waals surface area contributed by atoms with Crippen LogP contribution in [0.5, 0.6) is 5.75 Å². The number of rotatable bonds is 6. The van der Waals surface area contributed by atoms with E-state index in [-0.39, 0.29) is 6.42 Å². The van der Waals surface area contributed by atoms with Crippen LogP contribution in [0.2, 0.25) is 0 Å². The molecule has 5 heteroatoms. The van der Waals surface area contributed by atoms with Crippen molar-refractivity contribution in [3.63, 3.8) is 0 Å². The van der Waals surface area contributed by atoms with E-state index in [4.69, 9.17) is 9.84 Å². The summed E-state index contributed by atoms with van der Waals surface area (Å²) in [7, 11) is 0. The Morgan fingerprint density at radius 2 is 2.11 bits per heavy atom. The van der Waals surface area contributed by atoms with Gasteiger partial charge in [0.2, 0.25) is 0 Å². The van der Waals surface area contributed by atoms with E-state index in [0.29, 0.717) is 13.2 Å². The summed E-state index contributed by atoms with van der Waals surface area (Å²) in [5.74, 6) is -0.0985. The Morgan fingerprint density at radius 1 is 1.33 bits per heavy atom. The quantitative estimate of drug-likeness (QED) is 0.840. The van der Waals surface area contributed by atoms with Crippen molar-refractivity contribution in [2.24, 2.45) is 0 Å². The van der Waals surface area contributed by atoms with E-state index in [1.54, 1.807) is 35.1 Å². The third kappa shape index (κ3) is 3.62. The molecule has 0 aliphatic carbocycles. The van der Waals surface area contributed by atoms with Crippen molar-refractivity contribution in [3.8, 4) is 5.75 Å². The molecule has 0 saturated carbocycles. The zero-order valence-corrected chi connectivity index (χ0v) is 9.82. The lowest BCUT2D eigenvalue weighted by Gasteiger charge is -2.06. The molecule has 1 N–H and O–H groups in total. The van der Waals surface area contributed by atoms with Gasteiger partial charge in [-0.1, -0.05) is 12.1 Å². The average Bonchev–Trinajstić information content (AvgIpc) is 2.84. The third-order valence-corrected chi connectivity index (χ3v) is 2.43. The molecule has 0 saturated heterocycles. The van der Waals surface area contributed by atoms with Gasteiger partial charge in [-0.25, -0.2) is 0 Å². The first kappa shape index (κ1) is 12.2. The Labute approximate surface area is 105 Å². The molecule has 2 rings (SSSR count). The molecule has 5 nitrogen and oxygen atoms in total. The van der Waals surface area contributed by atoms with Crippen molar-refractivity contribution in [2.45, 2.75) is 13.0 Å². The minimum absolute atomic E-state index is 0.0353. The van der Waals surface area contributed by atoms with Crippen molar-refractivity contribution >= 4 is 5.97 Å². The van der Waals surface area contributed by atoms with Crippen molar-refractivity contribution in [1.82, 2.24) is 9.78 Å². The second-order valence-corrected chi connectivity index (χ2v) is 3.83. The zero-order chi connectivity index (χ0) is 12.8. The minimum atomic E-state index is -0.831. The van der Waals surface area contributed by atoms with E-state index < -0.39 is 5.97 Å². The molecule has 18 heavy (non-hydrogen) atoms. The first-order valence-electron chi connectivity index (χ1n) is 5.65. The normalized spacial score (nSPS) is 10.2. The summed E-state index contributed by atoms with van der Waals surface area (Å²) in [4.78, 5) is 10.5. The molecule has 1 heterocycles. The van der Waals surface area contributed by atoms with E-state index in [1.165, 1.54) is 0 Å². The Bertz CT molecular complexity index is 491. The Morgan fingerprint density at radius 3 is 2.72 bits per heavy atom. The van der Waals surface area contributed by atoms with Gasteiger partial charge in [0.25, 0.3) is 0 Å². The maximum atomic E-state index is 10.5. The summed E-state index contributed by atoms with van der Waals surface area (Å²) in [6, 6.07) is 8.94. The van der Waals surface area contributed by atoms with Crippen LogP contribution in [-0.4, -0.2) is 27.5 Å². The largest absolute Gasteiger partial charge is 0.492 e. The van der Waals surface area contributed by atoms with Crippen molar-refractivity contribution in [2.75, 3.05) is 6.61 Å². The zero-order valence-electron chi connectivity index (χ0n) is 9.82. The molecule has 1 aromatic carbocycles. The van der Waals surface area contributed by atoms with Crippen LogP contribution in [0, 0.1) is 0 Å². The van der Waals surface area contributed by atoms with E-state index in [1.807, 2.05) is 12.3 Å². The number of carboxylic acid groups (broad SMARTS) is 1. The van der Waals surface area contributed by atoms with Gasteiger partial charge in [0.15, 0.2) is 0 Å². The number of nitrogens with zero attached hydrogens (tertiary/aromatic N) is 2. The van der Waals surface area contributed by atoms with Crippen molar-refractivity contribution < 1.29 is 14.6 Å². The molecule has 0 fully saturated rings. The molecule has 0 atom stereocenters. The SMILES string of the molecule is O=C(O)Cc1ccc(OCCn2cccn2)cc1. The monoisotopic (exact) mass is 246 g/mol. The first-order chi connectivity index (χ1) is 8.74. The molecule has 0 aliphatic rings. The third-order valence-electron chi connectivity index (χ3n) is 2.43. The fourth-order valence-corrected chi connectivity index (χ4v) is 1.57. The number of carboxylic acids is 1. The number of benzene rings is 1. The lowest BCUT2D eigenvalue weighted by molar-refractivity contribution is -0.136. The lowest BCUT2D eigenvalue weighted by Crippen LogP contribution is -2.08. The van der Waals surface area contributed by atoms with Crippen LogP contribution in [0.4, 0.5) is 0 Å². The number of aliphatic carboxylic acids is 1. The first-order valence-corrected chi connectivity index (χ1v) is 5.65. The fraction of sp³-hybridized carbons (Fsp3) is 0.231. The Kier molecular flexibility index (Phi) is 3.96. The molecule has 1 aromatic heterocycles. The number of hydrogen-bond acceptors (Lipinski definition) is 3. The maximum Gasteiger partial charge on any atom is 0.307 e. The van der Waals surface area contributed by atoms with Gasteiger partial charge in [0.05, 0.1) is 13.0 Å². The summed E-state index contributed by atoms with van der Waals surface area (Å²) >= 11 is 0. The van der Waals surface area contributed by atoms with Crippen molar-refractivity contribution in [3.05, 3.63) is 48.3 Å². The standard InChI is InChI=1S/C13H14N2O3/c16-13(17)10-11-2-4-12(5-3-11)18-9-8-15-7-1-6-14-15/h1-7H,8-10H2,(H,16,17).